The first-order chi connectivity index (χ1) is 9.41. The maximum Gasteiger partial charge on any atom is 0.341 e. The Balaban J connectivity index is 2.52. The minimum Gasteiger partial charge on any atom is -0.477 e. The molecule has 0 aliphatic heterocycles. The van der Waals surface area contributed by atoms with Crippen molar-refractivity contribution in [3.05, 3.63) is 52.8 Å². The predicted octanol–water partition coefficient (Wildman–Crippen LogP) is 3.52. The van der Waals surface area contributed by atoms with E-state index in [1.54, 1.807) is 12.1 Å². The van der Waals surface area contributed by atoms with Crippen LogP contribution in [0.2, 0.25) is 0 Å². The second-order valence-electron chi connectivity index (χ2n) is 4.44. The Kier molecular flexibility index (Phi) is 3.61. The lowest BCUT2D eigenvalue weighted by Gasteiger charge is -2.13. The van der Waals surface area contributed by atoms with E-state index in [9.17, 15) is 9.18 Å². The summed E-state index contributed by atoms with van der Waals surface area (Å²) in [6.45, 7) is 3.78. The molecule has 0 aliphatic rings. The zero-order valence-corrected chi connectivity index (χ0v) is 11.1. The summed E-state index contributed by atoms with van der Waals surface area (Å²) in [4.78, 5) is 11.2. The number of halogens is 1. The van der Waals surface area contributed by atoms with E-state index in [1.165, 1.54) is 6.07 Å². The molecule has 2 aromatic rings. The van der Waals surface area contributed by atoms with Crippen LogP contribution in [0.3, 0.4) is 0 Å². The molecule has 2 rings (SSSR count). The molecule has 0 saturated heterocycles. The highest BCUT2D eigenvalue weighted by Gasteiger charge is 2.19. The number of anilines is 1. The average Bonchev–Trinajstić information content (AvgIpc) is 2.39. The molecule has 104 valence electrons. The summed E-state index contributed by atoms with van der Waals surface area (Å²) in [5.41, 5.74) is 6.56. The fourth-order valence-corrected chi connectivity index (χ4v) is 1.83. The molecule has 0 radical (unpaired) electrons. The molecule has 0 fully saturated rings. The Hall–Kier alpha value is -2.56. The van der Waals surface area contributed by atoms with Crippen LogP contribution in [0.15, 0.2) is 30.3 Å². The van der Waals surface area contributed by atoms with Crippen LogP contribution >= 0.6 is 0 Å². The lowest BCUT2D eigenvalue weighted by molar-refractivity contribution is 0.0695. The maximum absolute atomic E-state index is 13.4. The van der Waals surface area contributed by atoms with Gasteiger partial charge in [0.25, 0.3) is 0 Å². The number of aromatic carboxylic acids is 1. The number of hydrogen-bond donors (Lipinski definition) is 2. The first kappa shape index (κ1) is 13.9. The molecular weight excluding hydrogens is 261 g/mol. The largest absolute Gasteiger partial charge is 0.477 e. The molecule has 4 nitrogen and oxygen atoms in total. The second kappa shape index (κ2) is 5.21. The van der Waals surface area contributed by atoms with Gasteiger partial charge in [0.2, 0.25) is 0 Å². The highest BCUT2D eigenvalue weighted by molar-refractivity contribution is 5.97. The van der Waals surface area contributed by atoms with Crippen molar-refractivity contribution < 1.29 is 19.0 Å². The van der Waals surface area contributed by atoms with Gasteiger partial charge in [-0.3, -0.25) is 0 Å². The minimum absolute atomic E-state index is 0.0186. The standard InChI is InChI=1S/C15H14FNO3/c1-8-4-3-5-11(9(8)2)20-12-7-6-10(16)14(17)13(12)15(18)19/h3-7H,17H2,1-2H3,(H,18,19). The number of aryl methyl sites for hydroxylation is 1. The van der Waals surface area contributed by atoms with Gasteiger partial charge in [-0.25, -0.2) is 9.18 Å². The number of rotatable bonds is 3. The molecule has 0 unspecified atom stereocenters. The number of nitrogens with two attached hydrogens (primary N) is 1. The van der Waals surface area contributed by atoms with Crippen LogP contribution in [0.5, 0.6) is 11.5 Å². The van der Waals surface area contributed by atoms with Gasteiger partial charge in [0.1, 0.15) is 22.9 Å². The van der Waals surface area contributed by atoms with Gasteiger partial charge in [-0.1, -0.05) is 12.1 Å². The summed E-state index contributed by atoms with van der Waals surface area (Å²) >= 11 is 0. The molecule has 0 amide bonds. The number of hydrogen-bond acceptors (Lipinski definition) is 3. The van der Waals surface area contributed by atoms with Gasteiger partial charge in [0.15, 0.2) is 0 Å². The minimum atomic E-state index is -1.33. The molecule has 5 heteroatoms. The fourth-order valence-electron chi connectivity index (χ4n) is 1.83. The van der Waals surface area contributed by atoms with E-state index in [-0.39, 0.29) is 11.3 Å². The van der Waals surface area contributed by atoms with Crippen molar-refractivity contribution in [2.24, 2.45) is 0 Å². The van der Waals surface area contributed by atoms with Gasteiger partial charge >= 0.3 is 5.97 Å². The van der Waals surface area contributed by atoms with Crippen molar-refractivity contribution in [3.63, 3.8) is 0 Å². The van der Waals surface area contributed by atoms with Crippen LogP contribution in [-0.2, 0) is 0 Å². The van der Waals surface area contributed by atoms with Crippen molar-refractivity contribution >= 4 is 11.7 Å². The monoisotopic (exact) mass is 275 g/mol. The molecule has 20 heavy (non-hydrogen) atoms. The van der Waals surface area contributed by atoms with Gasteiger partial charge in [-0.2, -0.15) is 0 Å². The molecule has 0 aliphatic carbocycles. The summed E-state index contributed by atoms with van der Waals surface area (Å²) in [5.74, 6) is -1.58. The molecule has 0 atom stereocenters. The highest BCUT2D eigenvalue weighted by Crippen LogP contribution is 2.33. The van der Waals surface area contributed by atoms with Gasteiger partial charge < -0.3 is 15.6 Å². The summed E-state index contributed by atoms with van der Waals surface area (Å²) in [5, 5.41) is 9.15. The van der Waals surface area contributed by atoms with E-state index in [4.69, 9.17) is 15.6 Å². The second-order valence-corrected chi connectivity index (χ2v) is 4.44. The van der Waals surface area contributed by atoms with E-state index in [0.29, 0.717) is 5.75 Å². The molecule has 2 aromatic carbocycles. The van der Waals surface area contributed by atoms with E-state index >= 15 is 0 Å². The molecule has 0 heterocycles. The quantitative estimate of drug-likeness (QED) is 0.841. The van der Waals surface area contributed by atoms with Gasteiger partial charge in [-0.15, -0.1) is 0 Å². The van der Waals surface area contributed by atoms with Crippen LogP contribution in [0.25, 0.3) is 0 Å². The van der Waals surface area contributed by atoms with Crippen LogP contribution in [0.1, 0.15) is 21.5 Å². The Bertz CT molecular complexity index is 683. The van der Waals surface area contributed by atoms with E-state index in [0.717, 1.165) is 17.2 Å². The number of carboxylic acids is 1. The molecule has 3 N–H and O–H groups in total. The number of benzene rings is 2. The van der Waals surface area contributed by atoms with Crippen LogP contribution < -0.4 is 10.5 Å². The molecule has 0 bridgehead atoms. The van der Waals surface area contributed by atoms with Gasteiger partial charge in [-0.05, 0) is 43.2 Å². The third-order valence-corrected chi connectivity index (χ3v) is 3.14. The van der Waals surface area contributed by atoms with Crippen molar-refractivity contribution in [3.8, 4) is 11.5 Å². The lowest BCUT2D eigenvalue weighted by atomic mass is 10.1. The van der Waals surface area contributed by atoms with Crippen LogP contribution in [-0.4, -0.2) is 11.1 Å². The molecule has 0 spiro atoms. The van der Waals surface area contributed by atoms with Crippen molar-refractivity contribution in [2.45, 2.75) is 13.8 Å². The van der Waals surface area contributed by atoms with Crippen molar-refractivity contribution in [1.29, 1.82) is 0 Å². The zero-order chi connectivity index (χ0) is 14.9. The average molecular weight is 275 g/mol. The van der Waals surface area contributed by atoms with Crippen molar-refractivity contribution in [1.82, 2.24) is 0 Å². The summed E-state index contributed by atoms with van der Waals surface area (Å²) in [6.07, 6.45) is 0. The lowest BCUT2D eigenvalue weighted by Crippen LogP contribution is -2.07. The first-order valence-electron chi connectivity index (χ1n) is 5.97. The third kappa shape index (κ3) is 2.42. The Morgan fingerprint density at radius 2 is 1.90 bits per heavy atom. The Morgan fingerprint density at radius 3 is 2.55 bits per heavy atom. The van der Waals surface area contributed by atoms with Crippen molar-refractivity contribution in [2.75, 3.05) is 5.73 Å². The van der Waals surface area contributed by atoms with Crippen LogP contribution in [0.4, 0.5) is 10.1 Å². The fraction of sp³-hybridized carbons (Fsp3) is 0.133. The van der Waals surface area contributed by atoms with E-state index in [1.807, 2.05) is 19.9 Å². The predicted molar refractivity (Wildman–Crippen MR) is 73.8 cm³/mol. The SMILES string of the molecule is Cc1cccc(Oc2ccc(F)c(N)c2C(=O)O)c1C. The van der Waals surface area contributed by atoms with Gasteiger partial charge in [0.05, 0.1) is 5.69 Å². The molecular formula is C15H14FNO3. The van der Waals surface area contributed by atoms with Gasteiger partial charge in [0, 0.05) is 0 Å². The van der Waals surface area contributed by atoms with E-state index in [2.05, 4.69) is 0 Å². The number of ether oxygens (including phenoxy) is 1. The zero-order valence-electron chi connectivity index (χ0n) is 11.1. The molecule has 0 saturated carbocycles. The van der Waals surface area contributed by atoms with E-state index < -0.39 is 17.5 Å². The summed E-state index contributed by atoms with van der Waals surface area (Å²) < 4.78 is 18.9. The molecule has 0 aromatic heterocycles. The Labute approximate surface area is 115 Å². The third-order valence-electron chi connectivity index (χ3n) is 3.14. The number of carboxylic acid groups (broad SMARTS) is 1. The maximum atomic E-state index is 13.4. The Morgan fingerprint density at radius 1 is 1.20 bits per heavy atom. The smallest absolute Gasteiger partial charge is 0.341 e. The number of carbonyl (C=O) groups is 1. The topological polar surface area (TPSA) is 72.5 Å². The first-order valence-corrected chi connectivity index (χ1v) is 5.97. The summed E-state index contributed by atoms with van der Waals surface area (Å²) in [7, 11) is 0. The van der Waals surface area contributed by atoms with Crippen LogP contribution in [0, 0.1) is 19.7 Å². The number of nitrogen functional groups attached to an aromatic ring is 1. The summed E-state index contributed by atoms with van der Waals surface area (Å²) in [6, 6.07) is 7.77. The normalized spacial score (nSPS) is 10.3. The highest BCUT2D eigenvalue weighted by atomic mass is 19.1.